The van der Waals surface area contributed by atoms with E-state index in [1.54, 1.807) is 66.9 Å². The first-order valence-corrected chi connectivity index (χ1v) is 13.2. The zero-order valence-corrected chi connectivity index (χ0v) is 21.7. The molecular formula is C29H27N5O4S. The molecule has 0 radical (unpaired) electrons. The van der Waals surface area contributed by atoms with E-state index in [0.29, 0.717) is 33.9 Å². The van der Waals surface area contributed by atoms with Crippen LogP contribution >= 0.6 is 0 Å². The number of carbonyl (C=O) groups is 2. The van der Waals surface area contributed by atoms with E-state index in [-0.39, 0.29) is 18.3 Å². The highest BCUT2D eigenvalue weighted by Crippen LogP contribution is 2.29. The Morgan fingerprint density at radius 1 is 0.897 bits per heavy atom. The van der Waals surface area contributed by atoms with E-state index < -0.39 is 22.0 Å². The van der Waals surface area contributed by atoms with Gasteiger partial charge in [-0.1, -0.05) is 36.4 Å². The summed E-state index contributed by atoms with van der Waals surface area (Å²) in [6.07, 6.45) is 2.79. The van der Waals surface area contributed by atoms with Crippen molar-refractivity contribution in [2.75, 3.05) is 10.6 Å². The highest BCUT2D eigenvalue weighted by Gasteiger charge is 2.24. The summed E-state index contributed by atoms with van der Waals surface area (Å²) in [5, 5.41) is 14.4. The Balaban J connectivity index is 1.36. The van der Waals surface area contributed by atoms with Crippen molar-refractivity contribution in [2.45, 2.75) is 23.1 Å². The molecule has 1 aromatic heterocycles. The molecular weight excluding hydrogens is 514 g/mol. The van der Waals surface area contributed by atoms with Gasteiger partial charge in [-0.25, -0.2) is 4.99 Å². The molecule has 0 saturated carbocycles. The Kier molecular flexibility index (Phi) is 9.15. The number of hydrogen-bond acceptors (Lipinski definition) is 5. The molecule has 0 aliphatic rings. The van der Waals surface area contributed by atoms with E-state index in [1.807, 2.05) is 30.3 Å². The van der Waals surface area contributed by atoms with E-state index in [1.165, 1.54) is 6.20 Å². The third kappa shape index (κ3) is 7.83. The van der Waals surface area contributed by atoms with Crippen molar-refractivity contribution < 1.29 is 18.9 Å². The van der Waals surface area contributed by atoms with Crippen LogP contribution in [-0.4, -0.2) is 32.1 Å². The first-order valence-electron chi connectivity index (χ1n) is 12.0. The SMILES string of the molecule is NC(=NCc1ccccc1)Nc1ccc(C(=O)Nc2ccc(S(=O)C(CC(=O)O)c3cccnc3)cc2)cc1. The summed E-state index contributed by atoms with van der Waals surface area (Å²) in [4.78, 5) is 32.9. The number of nitrogens with zero attached hydrogens (tertiary/aromatic N) is 2. The number of aromatic nitrogens is 1. The number of nitrogens with two attached hydrogens (primary N) is 1. The van der Waals surface area contributed by atoms with Crippen molar-refractivity contribution in [1.29, 1.82) is 0 Å². The molecule has 3 aromatic carbocycles. The number of anilines is 2. The van der Waals surface area contributed by atoms with Gasteiger partial charge in [0.05, 0.1) is 29.0 Å². The smallest absolute Gasteiger partial charge is 0.304 e. The fourth-order valence-corrected chi connectivity index (χ4v) is 5.15. The third-order valence-corrected chi connectivity index (χ3v) is 7.41. The number of carbonyl (C=O) groups excluding carboxylic acids is 1. The first-order chi connectivity index (χ1) is 18.9. The van der Waals surface area contributed by atoms with Gasteiger partial charge >= 0.3 is 5.97 Å². The van der Waals surface area contributed by atoms with Crippen LogP contribution in [-0.2, 0) is 22.1 Å². The van der Waals surface area contributed by atoms with Crippen LogP contribution in [0.25, 0.3) is 0 Å². The minimum absolute atomic E-state index is 0.266. The molecule has 0 aliphatic heterocycles. The van der Waals surface area contributed by atoms with Crippen molar-refractivity contribution in [3.8, 4) is 0 Å². The molecule has 198 valence electrons. The van der Waals surface area contributed by atoms with Crippen molar-refractivity contribution in [2.24, 2.45) is 10.7 Å². The number of carboxylic acids is 1. The molecule has 10 heteroatoms. The molecule has 2 unspecified atom stereocenters. The van der Waals surface area contributed by atoms with Gasteiger partial charge in [-0.15, -0.1) is 0 Å². The second-order valence-corrected chi connectivity index (χ2v) is 10.2. The molecule has 0 spiro atoms. The average Bonchev–Trinajstić information content (AvgIpc) is 2.96. The normalized spacial score (nSPS) is 12.8. The van der Waals surface area contributed by atoms with Gasteiger partial charge in [0.1, 0.15) is 0 Å². The maximum Gasteiger partial charge on any atom is 0.304 e. The minimum atomic E-state index is -1.63. The van der Waals surface area contributed by atoms with Gasteiger partial charge in [0.15, 0.2) is 5.96 Å². The fourth-order valence-electron chi connectivity index (χ4n) is 3.73. The molecule has 2 atom stereocenters. The van der Waals surface area contributed by atoms with Crippen molar-refractivity contribution >= 4 is 40.0 Å². The van der Waals surface area contributed by atoms with Crippen LogP contribution in [0.2, 0.25) is 0 Å². The maximum absolute atomic E-state index is 13.2. The average molecular weight is 542 g/mol. The highest BCUT2D eigenvalue weighted by molar-refractivity contribution is 7.85. The van der Waals surface area contributed by atoms with E-state index >= 15 is 0 Å². The van der Waals surface area contributed by atoms with Crippen LogP contribution in [0.1, 0.15) is 33.2 Å². The van der Waals surface area contributed by atoms with Gasteiger partial charge in [-0.2, -0.15) is 0 Å². The molecule has 1 amide bonds. The lowest BCUT2D eigenvalue weighted by Crippen LogP contribution is -2.22. The molecule has 0 aliphatic carbocycles. The number of benzene rings is 3. The third-order valence-electron chi connectivity index (χ3n) is 5.71. The topological polar surface area (TPSA) is 147 Å². The Labute approximate surface area is 228 Å². The zero-order chi connectivity index (χ0) is 27.6. The van der Waals surface area contributed by atoms with Crippen LogP contribution in [0, 0.1) is 0 Å². The maximum atomic E-state index is 13.2. The van der Waals surface area contributed by atoms with E-state index in [4.69, 9.17) is 5.73 Å². The molecule has 4 rings (SSSR count). The molecule has 0 fully saturated rings. The van der Waals surface area contributed by atoms with Gasteiger partial charge < -0.3 is 21.5 Å². The number of rotatable bonds is 10. The van der Waals surface area contributed by atoms with Crippen LogP contribution in [0.15, 0.2) is 113 Å². The molecule has 5 N–H and O–H groups in total. The van der Waals surface area contributed by atoms with Crippen LogP contribution in [0.5, 0.6) is 0 Å². The summed E-state index contributed by atoms with van der Waals surface area (Å²) < 4.78 is 13.2. The second-order valence-electron chi connectivity index (χ2n) is 8.54. The Bertz CT molecular complexity index is 1460. The Morgan fingerprint density at radius 2 is 1.56 bits per heavy atom. The lowest BCUT2D eigenvalue weighted by atomic mass is 10.1. The zero-order valence-electron chi connectivity index (χ0n) is 20.9. The first kappa shape index (κ1) is 27.2. The van der Waals surface area contributed by atoms with Gasteiger partial charge in [0.25, 0.3) is 5.91 Å². The summed E-state index contributed by atoms with van der Waals surface area (Å²) in [6, 6.07) is 26.4. The van der Waals surface area contributed by atoms with Crippen molar-refractivity contribution in [3.05, 3.63) is 120 Å². The number of carboxylic acid groups (broad SMARTS) is 1. The summed E-state index contributed by atoms with van der Waals surface area (Å²) in [5.74, 6) is -1.10. The number of amides is 1. The van der Waals surface area contributed by atoms with E-state index in [9.17, 15) is 18.9 Å². The van der Waals surface area contributed by atoms with Crippen molar-refractivity contribution in [1.82, 2.24) is 4.98 Å². The summed E-state index contributed by atoms with van der Waals surface area (Å²) >= 11 is 0. The summed E-state index contributed by atoms with van der Waals surface area (Å²) in [7, 11) is -1.63. The predicted octanol–water partition coefficient (Wildman–Crippen LogP) is 4.58. The minimum Gasteiger partial charge on any atom is -0.481 e. The molecule has 0 bridgehead atoms. The van der Waals surface area contributed by atoms with Gasteiger partial charge in [-0.05, 0) is 65.7 Å². The Morgan fingerprint density at radius 3 is 2.21 bits per heavy atom. The van der Waals surface area contributed by atoms with Crippen LogP contribution < -0.4 is 16.4 Å². The van der Waals surface area contributed by atoms with Gasteiger partial charge in [0, 0.05) is 34.2 Å². The largest absolute Gasteiger partial charge is 0.481 e. The standard InChI is InChI=1S/C29H27N5O4S/c30-29(32-18-20-5-2-1-3-6-20)34-24-10-8-21(9-11-24)28(37)33-23-12-14-25(15-13-23)39(38)26(17-27(35)36)22-7-4-16-31-19-22/h1-16,19,26H,17-18H2,(H,33,37)(H,35,36)(H3,30,32,34). The van der Waals surface area contributed by atoms with Gasteiger partial charge in [0.2, 0.25) is 0 Å². The number of aliphatic carboxylic acids is 1. The summed E-state index contributed by atoms with van der Waals surface area (Å²) in [5.41, 5.74) is 9.23. The molecule has 0 saturated heterocycles. The lowest BCUT2D eigenvalue weighted by molar-refractivity contribution is -0.137. The predicted molar refractivity (Wildman–Crippen MR) is 152 cm³/mol. The number of pyridine rings is 1. The molecule has 9 nitrogen and oxygen atoms in total. The van der Waals surface area contributed by atoms with Crippen molar-refractivity contribution in [3.63, 3.8) is 0 Å². The van der Waals surface area contributed by atoms with Crippen LogP contribution in [0.3, 0.4) is 0 Å². The highest BCUT2D eigenvalue weighted by atomic mass is 32.2. The monoisotopic (exact) mass is 541 g/mol. The summed E-state index contributed by atoms with van der Waals surface area (Å²) in [6.45, 7) is 0.455. The fraction of sp³-hybridized carbons (Fsp3) is 0.103. The van der Waals surface area contributed by atoms with E-state index in [2.05, 4.69) is 20.6 Å². The van der Waals surface area contributed by atoms with Crippen LogP contribution in [0.4, 0.5) is 11.4 Å². The number of guanidine groups is 1. The quantitative estimate of drug-likeness (QED) is 0.170. The molecule has 1 heterocycles. The van der Waals surface area contributed by atoms with E-state index in [0.717, 1.165) is 5.56 Å². The lowest BCUT2D eigenvalue weighted by Gasteiger charge is -2.15. The molecule has 39 heavy (non-hydrogen) atoms. The number of aliphatic imine (C=N–C) groups is 1. The Hall–Kier alpha value is -4.83. The number of hydrogen-bond donors (Lipinski definition) is 4. The molecule has 4 aromatic rings. The number of nitrogens with one attached hydrogen (secondary N) is 2. The second kappa shape index (κ2) is 13.1. The van der Waals surface area contributed by atoms with Gasteiger partial charge in [-0.3, -0.25) is 18.8 Å².